The maximum absolute atomic E-state index is 5.25. The van der Waals surface area contributed by atoms with Gasteiger partial charge in [-0.1, -0.05) is 0 Å². The largest absolute Gasteiger partial charge is 0.362 e. The predicted octanol–water partition coefficient (Wildman–Crippen LogP) is 0.108. The van der Waals surface area contributed by atoms with E-state index in [0.717, 1.165) is 6.54 Å². The van der Waals surface area contributed by atoms with Crippen LogP contribution in [0.4, 0.5) is 0 Å². The Morgan fingerprint density at radius 1 is 1.78 bits per heavy atom. The number of thiocarbonyl (C=S) groups is 1. The molecule has 0 bridgehead atoms. The van der Waals surface area contributed by atoms with E-state index in [2.05, 4.69) is 5.32 Å². The van der Waals surface area contributed by atoms with Gasteiger partial charge < -0.3 is 5.32 Å². The Balaban J connectivity index is 0. The topological polar surface area (TPSA) is 41.3 Å². The summed E-state index contributed by atoms with van der Waals surface area (Å²) < 4.78 is 0. The van der Waals surface area contributed by atoms with Gasteiger partial charge in [-0.15, -0.1) is 12.4 Å². The van der Waals surface area contributed by atoms with Crippen molar-refractivity contribution in [2.24, 2.45) is 5.84 Å². The molecule has 0 rings (SSSR count). The molecular weight excluding hydrogens is 158 g/mol. The van der Waals surface area contributed by atoms with Gasteiger partial charge >= 0.3 is 0 Å². The molecule has 56 valence electrons. The first-order valence-corrected chi connectivity index (χ1v) is 2.85. The SMILES string of the molecule is CCNC(=S)N(C)N.Cl. The second-order valence-corrected chi connectivity index (χ2v) is 1.83. The van der Waals surface area contributed by atoms with Crippen LogP contribution in [-0.4, -0.2) is 23.7 Å². The van der Waals surface area contributed by atoms with E-state index in [1.165, 1.54) is 5.01 Å². The van der Waals surface area contributed by atoms with Gasteiger partial charge in [-0.05, 0) is 19.1 Å². The molecule has 3 N–H and O–H groups in total. The van der Waals surface area contributed by atoms with Gasteiger partial charge in [0.05, 0.1) is 0 Å². The van der Waals surface area contributed by atoms with E-state index in [1.807, 2.05) is 6.92 Å². The van der Waals surface area contributed by atoms with Gasteiger partial charge in [0.25, 0.3) is 0 Å². The fourth-order valence-electron chi connectivity index (χ4n) is 0.276. The highest BCUT2D eigenvalue weighted by atomic mass is 35.5. The minimum Gasteiger partial charge on any atom is -0.362 e. The predicted molar refractivity (Wildman–Crippen MR) is 45.5 cm³/mol. The standard InChI is InChI=1S/C4H11N3S.ClH/c1-3-6-4(8)7(2)5;/h3,5H2,1-2H3,(H,6,8);1H. The number of hydrogen-bond acceptors (Lipinski definition) is 2. The fraction of sp³-hybridized carbons (Fsp3) is 0.750. The minimum absolute atomic E-state index is 0. The molecule has 0 radical (unpaired) electrons. The van der Waals surface area contributed by atoms with Crippen LogP contribution in [0.5, 0.6) is 0 Å². The molecule has 0 aromatic rings. The van der Waals surface area contributed by atoms with Gasteiger partial charge in [0.15, 0.2) is 5.11 Å². The molecule has 0 fully saturated rings. The lowest BCUT2D eigenvalue weighted by atomic mass is 10.7. The molecule has 0 aliphatic heterocycles. The van der Waals surface area contributed by atoms with E-state index in [-0.39, 0.29) is 12.4 Å². The molecular formula is C4H12ClN3S. The van der Waals surface area contributed by atoms with Gasteiger partial charge in [0, 0.05) is 13.6 Å². The molecule has 5 heteroatoms. The van der Waals surface area contributed by atoms with Gasteiger partial charge in [-0.25, -0.2) is 5.84 Å². The Labute approximate surface area is 67.0 Å². The van der Waals surface area contributed by atoms with Crippen LogP contribution in [0.15, 0.2) is 0 Å². The molecule has 0 saturated carbocycles. The summed E-state index contributed by atoms with van der Waals surface area (Å²) >= 11 is 4.77. The average molecular weight is 170 g/mol. The quantitative estimate of drug-likeness (QED) is 0.332. The van der Waals surface area contributed by atoms with E-state index in [9.17, 15) is 0 Å². The third-order valence-electron chi connectivity index (χ3n) is 0.648. The van der Waals surface area contributed by atoms with Crippen molar-refractivity contribution in [3.8, 4) is 0 Å². The second kappa shape index (κ2) is 6.07. The summed E-state index contributed by atoms with van der Waals surface area (Å²) in [7, 11) is 1.70. The molecule has 3 nitrogen and oxygen atoms in total. The zero-order chi connectivity index (χ0) is 6.57. The molecule has 0 aliphatic rings. The lowest BCUT2D eigenvalue weighted by Gasteiger charge is -2.12. The minimum atomic E-state index is 0. The Kier molecular flexibility index (Phi) is 7.89. The van der Waals surface area contributed by atoms with Crippen molar-refractivity contribution in [3.05, 3.63) is 0 Å². The number of hydrogen-bond donors (Lipinski definition) is 2. The first-order chi connectivity index (χ1) is 3.68. The fourth-order valence-corrected chi connectivity index (χ4v) is 0.420. The zero-order valence-corrected chi connectivity index (χ0v) is 7.18. The first-order valence-electron chi connectivity index (χ1n) is 2.44. The molecule has 0 amide bonds. The van der Waals surface area contributed by atoms with Crippen molar-refractivity contribution in [1.82, 2.24) is 10.3 Å². The van der Waals surface area contributed by atoms with Gasteiger partial charge in [-0.3, -0.25) is 5.01 Å². The highest BCUT2D eigenvalue weighted by Crippen LogP contribution is 1.71. The van der Waals surface area contributed by atoms with Crippen molar-refractivity contribution in [2.45, 2.75) is 6.92 Å². The van der Waals surface area contributed by atoms with Crippen molar-refractivity contribution in [1.29, 1.82) is 0 Å². The van der Waals surface area contributed by atoms with Crippen molar-refractivity contribution in [2.75, 3.05) is 13.6 Å². The Morgan fingerprint density at radius 2 is 2.22 bits per heavy atom. The third-order valence-corrected chi connectivity index (χ3v) is 1.08. The van der Waals surface area contributed by atoms with E-state index >= 15 is 0 Å². The van der Waals surface area contributed by atoms with Crippen molar-refractivity contribution >= 4 is 29.7 Å². The van der Waals surface area contributed by atoms with E-state index < -0.39 is 0 Å². The summed E-state index contributed by atoms with van der Waals surface area (Å²) in [6, 6.07) is 0. The van der Waals surface area contributed by atoms with Crippen LogP contribution in [-0.2, 0) is 0 Å². The molecule has 0 aromatic carbocycles. The number of rotatable bonds is 1. The lowest BCUT2D eigenvalue weighted by molar-refractivity contribution is 0.527. The molecule has 0 aliphatic carbocycles. The summed E-state index contributed by atoms with van der Waals surface area (Å²) in [5, 5.41) is 4.83. The number of nitrogens with two attached hydrogens (primary N) is 1. The van der Waals surface area contributed by atoms with Crippen LogP contribution in [0.1, 0.15) is 6.92 Å². The normalized spacial score (nSPS) is 7.44. The van der Waals surface area contributed by atoms with Crippen molar-refractivity contribution in [3.63, 3.8) is 0 Å². The summed E-state index contributed by atoms with van der Waals surface area (Å²) in [5.74, 6) is 5.25. The second-order valence-electron chi connectivity index (χ2n) is 1.45. The number of halogens is 1. The zero-order valence-electron chi connectivity index (χ0n) is 5.55. The molecule has 0 unspecified atom stereocenters. The van der Waals surface area contributed by atoms with Crippen molar-refractivity contribution < 1.29 is 0 Å². The number of hydrazine groups is 1. The van der Waals surface area contributed by atoms with E-state index in [1.54, 1.807) is 7.05 Å². The Morgan fingerprint density at radius 3 is 2.33 bits per heavy atom. The van der Waals surface area contributed by atoms with E-state index in [0.29, 0.717) is 5.11 Å². The smallest absolute Gasteiger partial charge is 0.182 e. The van der Waals surface area contributed by atoms with Crippen LogP contribution < -0.4 is 11.2 Å². The Bertz CT molecular complexity index is 85.9. The summed E-state index contributed by atoms with van der Waals surface area (Å²) in [5.41, 5.74) is 0. The summed E-state index contributed by atoms with van der Waals surface area (Å²) in [6.07, 6.45) is 0. The highest BCUT2D eigenvalue weighted by molar-refractivity contribution is 7.80. The lowest BCUT2D eigenvalue weighted by Crippen LogP contribution is -2.41. The van der Waals surface area contributed by atoms with Crippen LogP contribution in [0.3, 0.4) is 0 Å². The molecule has 0 aromatic heterocycles. The first kappa shape index (κ1) is 11.7. The highest BCUT2D eigenvalue weighted by Gasteiger charge is 1.91. The van der Waals surface area contributed by atoms with Crippen LogP contribution in [0.2, 0.25) is 0 Å². The van der Waals surface area contributed by atoms with Crippen LogP contribution in [0.25, 0.3) is 0 Å². The summed E-state index contributed by atoms with van der Waals surface area (Å²) in [6.45, 7) is 2.79. The molecule has 0 atom stereocenters. The molecule has 0 heterocycles. The third kappa shape index (κ3) is 5.82. The molecule has 0 saturated heterocycles. The maximum Gasteiger partial charge on any atom is 0.182 e. The van der Waals surface area contributed by atoms with Gasteiger partial charge in [0.1, 0.15) is 0 Å². The molecule has 0 spiro atoms. The van der Waals surface area contributed by atoms with Crippen LogP contribution in [0, 0.1) is 0 Å². The van der Waals surface area contributed by atoms with Gasteiger partial charge in [-0.2, -0.15) is 0 Å². The van der Waals surface area contributed by atoms with Crippen LogP contribution >= 0.6 is 24.6 Å². The number of nitrogens with zero attached hydrogens (tertiary/aromatic N) is 1. The summed E-state index contributed by atoms with van der Waals surface area (Å²) in [4.78, 5) is 0. The van der Waals surface area contributed by atoms with Gasteiger partial charge in [0.2, 0.25) is 0 Å². The maximum atomic E-state index is 5.25. The average Bonchev–Trinajstić information content (AvgIpc) is 1.67. The number of nitrogens with one attached hydrogen (secondary N) is 1. The monoisotopic (exact) mass is 169 g/mol. The van der Waals surface area contributed by atoms with E-state index in [4.69, 9.17) is 18.1 Å². The molecule has 9 heavy (non-hydrogen) atoms. The Hall–Kier alpha value is -0.0600.